The zero-order valence-electron chi connectivity index (χ0n) is 13.7. The van der Waals surface area contributed by atoms with Crippen LogP contribution in [0.15, 0.2) is 60.7 Å². The molecule has 1 aromatic heterocycles. The zero-order valence-corrected chi connectivity index (χ0v) is 13.7. The number of halogens is 1. The quantitative estimate of drug-likeness (QED) is 0.755. The predicted octanol–water partition coefficient (Wildman–Crippen LogP) is 4.50. The lowest BCUT2D eigenvalue weighted by Gasteiger charge is -2.18. The summed E-state index contributed by atoms with van der Waals surface area (Å²) in [5.41, 5.74) is 1.87. The SMILES string of the molecule is C=C(/C=C\C=C/C)C(NC(=O)c1cc2c(F)cccc2[nH]1)C1CC1. The van der Waals surface area contributed by atoms with E-state index in [4.69, 9.17) is 0 Å². The van der Waals surface area contributed by atoms with Crippen molar-refractivity contribution in [1.82, 2.24) is 10.3 Å². The summed E-state index contributed by atoms with van der Waals surface area (Å²) in [6, 6.07) is 6.24. The largest absolute Gasteiger partial charge is 0.350 e. The summed E-state index contributed by atoms with van der Waals surface area (Å²) in [4.78, 5) is 15.5. The van der Waals surface area contributed by atoms with Gasteiger partial charge in [0.2, 0.25) is 0 Å². The summed E-state index contributed by atoms with van der Waals surface area (Å²) in [5, 5.41) is 3.46. The minimum atomic E-state index is -0.333. The van der Waals surface area contributed by atoms with Crippen LogP contribution in [-0.4, -0.2) is 16.9 Å². The average molecular weight is 324 g/mol. The fraction of sp³-hybridized carbons (Fsp3) is 0.250. The molecule has 0 spiro atoms. The Hall–Kier alpha value is -2.62. The number of benzene rings is 1. The molecule has 3 rings (SSSR count). The number of hydrogen-bond donors (Lipinski definition) is 2. The summed E-state index contributed by atoms with van der Waals surface area (Å²) < 4.78 is 13.8. The van der Waals surface area contributed by atoms with Crippen LogP contribution in [-0.2, 0) is 0 Å². The number of rotatable bonds is 6. The van der Waals surface area contributed by atoms with Crippen molar-refractivity contribution in [1.29, 1.82) is 0 Å². The first-order chi connectivity index (χ1) is 11.6. The Morgan fingerprint density at radius 2 is 2.21 bits per heavy atom. The van der Waals surface area contributed by atoms with Crippen LogP contribution in [0.25, 0.3) is 10.9 Å². The first kappa shape index (κ1) is 16.2. The second kappa shape index (κ2) is 6.87. The molecule has 1 atom stereocenters. The third kappa shape index (κ3) is 3.48. The number of hydrogen-bond acceptors (Lipinski definition) is 1. The Morgan fingerprint density at radius 3 is 2.88 bits per heavy atom. The highest BCUT2D eigenvalue weighted by Gasteiger charge is 2.33. The fourth-order valence-electron chi connectivity index (χ4n) is 2.80. The van der Waals surface area contributed by atoms with Gasteiger partial charge in [0.25, 0.3) is 5.91 Å². The van der Waals surface area contributed by atoms with Crippen LogP contribution in [0.4, 0.5) is 4.39 Å². The standard InChI is InChI=1S/C20H21FN2O/c1-3-4-5-7-13(2)19(14-10-11-14)23-20(24)18-12-15-16(21)8-6-9-17(15)22-18/h3-9,12,14,19,22H,2,10-11H2,1H3,(H,23,24)/b4-3-,7-5-. The topological polar surface area (TPSA) is 44.9 Å². The molecule has 1 aliphatic carbocycles. The summed E-state index contributed by atoms with van der Waals surface area (Å²) in [5.74, 6) is -0.138. The van der Waals surface area contributed by atoms with E-state index in [1.165, 1.54) is 6.07 Å². The third-order valence-electron chi connectivity index (χ3n) is 4.25. The predicted molar refractivity (Wildman–Crippen MR) is 95.3 cm³/mol. The van der Waals surface area contributed by atoms with Gasteiger partial charge in [-0.25, -0.2) is 4.39 Å². The van der Waals surface area contributed by atoms with Gasteiger partial charge < -0.3 is 10.3 Å². The second-order valence-electron chi connectivity index (χ2n) is 6.13. The molecule has 1 fully saturated rings. The van der Waals surface area contributed by atoms with Crippen molar-refractivity contribution < 1.29 is 9.18 Å². The van der Waals surface area contributed by atoms with E-state index >= 15 is 0 Å². The highest BCUT2D eigenvalue weighted by Crippen LogP contribution is 2.35. The minimum absolute atomic E-state index is 0.0877. The molecule has 0 bridgehead atoms. The van der Waals surface area contributed by atoms with E-state index in [9.17, 15) is 9.18 Å². The van der Waals surface area contributed by atoms with Crippen LogP contribution in [0, 0.1) is 11.7 Å². The zero-order chi connectivity index (χ0) is 17.1. The van der Waals surface area contributed by atoms with Gasteiger partial charge in [-0.1, -0.05) is 36.9 Å². The number of allylic oxidation sites excluding steroid dienone is 3. The first-order valence-corrected chi connectivity index (χ1v) is 8.16. The number of aromatic nitrogens is 1. The number of H-pyrrole nitrogens is 1. The minimum Gasteiger partial charge on any atom is -0.350 e. The molecule has 1 aromatic carbocycles. The highest BCUT2D eigenvalue weighted by atomic mass is 19.1. The van der Waals surface area contributed by atoms with Gasteiger partial charge in [0.15, 0.2) is 0 Å². The van der Waals surface area contributed by atoms with E-state index in [1.54, 1.807) is 18.2 Å². The molecule has 0 aliphatic heterocycles. The lowest BCUT2D eigenvalue weighted by molar-refractivity contribution is 0.0935. The van der Waals surface area contributed by atoms with E-state index in [0.29, 0.717) is 22.5 Å². The smallest absolute Gasteiger partial charge is 0.268 e. The van der Waals surface area contributed by atoms with E-state index in [0.717, 1.165) is 18.4 Å². The van der Waals surface area contributed by atoms with Crippen LogP contribution >= 0.6 is 0 Å². The first-order valence-electron chi connectivity index (χ1n) is 8.16. The molecule has 1 aliphatic rings. The van der Waals surface area contributed by atoms with Crippen molar-refractivity contribution >= 4 is 16.8 Å². The monoisotopic (exact) mass is 324 g/mol. The summed E-state index contributed by atoms with van der Waals surface area (Å²) in [7, 11) is 0. The molecular formula is C20H21FN2O. The lowest BCUT2D eigenvalue weighted by atomic mass is 10.0. The van der Waals surface area contributed by atoms with Crippen LogP contribution in [0.5, 0.6) is 0 Å². The number of aromatic amines is 1. The maximum atomic E-state index is 13.8. The van der Waals surface area contributed by atoms with Crippen molar-refractivity contribution in [3.05, 3.63) is 72.2 Å². The van der Waals surface area contributed by atoms with Crippen molar-refractivity contribution in [2.24, 2.45) is 5.92 Å². The third-order valence-corrected chi connectivity index (χ3v) is 4.25. The van der Waals surface area contributed by atoms with Crippen LogP contribution < -0.4 is 5.32 Å². The molecule has 3 nitrogen and oxygen atoms in total. The molecule has 4 heteroatoms. The Balaban J connectivity index is 1.77. The number of fused-ring (bicyclic) bond motifs is 1. The molecule has 2 aromatic rings. The molecular weight excluding hydrogens is 303 g/mol. The molecule has 0 saturated heterocycles. The Morgan fingerprint density at radius 1 is 1.42 bits per heavy atom. The van der Waals surface area contributed by atoms with Crippen molar-refractivity contribution in [2.75, 3.05) is 0 Å². The van der Waals surface area contributed by atoms with Gasteiger partial charge in [-0.15, -0.1) is 0 Å². The maximum absolute atomic E-state index is 13.8. The van der Waals surface area contributed by atoms with Crippen molar-refractivity contribution in [3.8, 4) is 0 Å². The van der Waals surface area contributed by atoms with Gasteiger partial charge in [0.1, 0.15) is 11.5 Å². The number of carbonyl (C=O) groups is 1. The number of amides is 1. The number of nitrogens with one attached hydrogen (secondary N) is 2. The molecule has 2 N–H and O–H groups in total. The van der Waals surface area contributed by atoms with Gasteiger partial charge in [0, 0.05) is 10.9 Å². The summed E-state index contributed by atoms with van der Waals surface area (Å²) in [6.45, 7) is 6.03. The highest BCUT2D eigenvalue weighted by molar-refractivity contribution is 5.98. The van der Waals surface area contributed by atoms with Crippen LogP contribution in [0.3, 0.4) is 0 Å². The Labute approximate surface area is 141 Å². The fourth-order valence-corrected chi connectivity index (χ4v) is 2.80. The average Bonchev–Trinajstić information content (AvgIpc) is 3.30. The van der Waals surface area contributed by atoms with E-state index in [2.05, 4.69) is 16.9 Å². The van der Waals surface area contributed by atoms with Gasteiger partial charge in [0.05, 0.1) is 6.04 Å². The molecule has 1 saturated carbocycles. The molecule has 1 heterocycles. The molecule has 24 heavy (non-hydrogen) atoms. The van der Waals surface area contributed by atoms with E-state index < -0.39 is 0 Å². The van der Waals surface area contributed by atoms with Crippen LogP contribution in [0.1, 0.15) is 30.3 Å². The lowest BCUT2D eigenvalue weighted by Crippen LogP contribution is -2.37. The van der Waals surface area contributed by atoms with Crippen LogP contribution in [0.2, 0.25) is 0 Å². The van der Waals surface area contributed by atoms with Gasteiger partial charge in [-0.3, -0.25) is 4.79 Å². The molecule has 1 unspecified atom stereocenters. The van der Waals surface area contributed by atoms with Gasteiger partial charge >= 0.3 is 0 Å². The van der Waals surface area contributed by atoms with E-state index in [1.807, 2.05) is 31.2 Å². The van der Waals surface area contributed by atoms with Gasteiger partial charge in [-0.05, 0) is 49.5 Å². The normalized spacial score (nSPS) is 16.1. The number of carbonyl (C=O) groups excluding carboxylic acids is 1. The molecule has 1 amide bonds. The Bertz CT molecular complexity index is 827. The maximum Gasteiger partial charge on any atom is 0.268 e. The van der Waals surface area contributed by atoms with Crippen molar-refractivity contribution in [3.63, 3.8) is 0 Å². The van der Waals surface area contributed by atoms with Crippen molar-refractivity contribution in [2.45, 2.75) is 25.8 Å². The second-order valence-corrected chi connectivity index (χ2v) is 6.13. The van der Waals surface area contributed by atoms with E-state index in [-0.39, 0.29) is 17.8 Å². The summed E-state index contributed by atoms with van der Waals surface area (Å²) in [6.07, 6.45) is 9.88. The summed E-state index contributed by atoms with van der Waals surface area (Å²) >= 11 is 0. The molecule has 0 radical (unpaired) electrons. The van der Waals surface area contributed by atoms with Gasteiger partial charge in [-0.2, -0.15) is 0 Å². The molecule has 124 valence electrons. The Kier molecular flexibility index (Phi) is 4.65.